The lowest BCUT2D eigenvalue weighted by atomic mass is 10.1. The van der Waals surface area contributed by atoms with Gasteiger partial charge in [0.2, 0.25) is 15.9 Å². The third-order valence-electron chi connectivity index (χ3n) is 6.78. The van der Waals surface area contributed by atoms with Crippen LogP contribution in [0.4, 0.5) is 4.39 Å². The largest absolute Gasteiger partial charge is 0.484 e. The maximum Gasteiger partial charge on any atom is 0.261 e. The van der Waals surface area contributed by atoms with E-state index < -0.39 is 27.8 Å². The minimum Gasteiger partial charge on any atom is -0.484 e. The Bertz CT molecular complexity index is 1400. The standard InChI is InChI=1S/C30H34FN3O6S/c1-23(30(36)32-16-15-24-5-3-2-4-6-24)34(21-25-7-9-26(31)10-8-25)29(35)22-40-27-11-13-28(14-12-27)41(37,38)33-17-19-39-20-18-33/h2-14,23H,15-22H2,1H3,(H,32,36)/t23-/m0/s1. The molecule has 0 aliphatic carbocycles. The second-order valence-electron chi connectivity index (χ2n) is 9.63. The average Bonchev–Trinajstić information content (AvgIpc) is 3.00. The summed E-state index contributed by atoms with van der Waals surface area (Å²) in [6, 6.07) is 20.5. The van der Waals surface area contributed by atoms with Gasteiger partial charge in [0.1, 0.15) is 17.6 Å². The lowest BCUT2D eigenvalue weighted by Crippen LogP contribution is -2.49. The van der Waals surface area contributed by atoms with Crippen LogP contribution in [-0.2, 0) is 37.3 Å². The topological polar surface area (TPSA) is 105 Å². The van der Waals surface area contributed by atoms with Crippen LogP contribution in [0.1, 0.15) is 18.1 Å². The van der Waals surface area contributed by atoms with Crippen molar-refractivity contribution in [2.75, 3.05) is 39.5 Å². The molecule has 0 bridgehead atoms. The molecular formula is C30H34FN3O6S. The number of carbonyl (C=O) groups is 2. The molecule has 0 spiro atoms. The number of ether oxygens (including phenoxy) is 2. The molecule has 3 aromatic carbocycles. The maximum absolute atomic E-state index is 13.5. The molecule has 1 N–H and O–H groups in total. The van der Waals surface area contributed by atoms with Gasteiger partial charge in [-0.25, -0.2) is 12.8 Å². The second-order valence-corrected chi connectivity index (χ2v) is 11.6. The molecule has 0 saturated carbocycles. The smallest absolute Gasteiger partial charge is 0.261 e. The summed E-state index contributed by atoms with van der Waals surface area (Å²) in [6.45, 7) is 3.01. The number of benzene rings is 3. The van der Waals surface area contributed by atoms with Crippen molar-refractivity contribution in [3.05, 3.63) is 95.8 Å². The van der Waals surface area contributed by atoms with Gasteiger partial charge in [-0.2, -0.15) is 4.31 Å². The van der Waals surface area contributed by atoms with E-state index >= 15 is 0 Å². The maximum atomic E-state index is 13.5. The molecule has 0 unspecified atom stereocenters. The first kappa shape index (κ1) is 30.2. The predicted molar refractivity (Wildman–Crippen MR) is 151 cm³/mol. The van der Waals surface area contributed by atoms with Gasteiger partial charge in [0.25, 0.3) is 5.91 Å². The minimum absolute atomic E-state index is 0.0759. The second kappa shape index (κ2) is 14.2. The minimum atomic E-state index is -3.66. The van der Waals surface area contributed by atoms with E-state index in [-0.39, 0.29) is 37.0 Å². The molecule has 2 amide bonds. The van der Waals surface area contributed by atoms with E-state index in [1.807, 2.05) is 30.3 Å². The Morgan fingerprint density at radius 1 is 0.976 bits per heavy atom. The third kappa shape index (κ3) is 8.35. The number of amides is 2. The summed E-state index contributed by atoms with van der Waals surface area (Å²) in [6.07, 6.45) is 0.644. The molecule has 3 aromatic rings. The lowest BCUT2D eigenvalue weighted by Gasteiger charge is -2.29. The molecule has 9 nitrogen and oxygen atoms in total. The average molecular weight is 584 g/mol. The van der Waals surface area contributed by atoms with Crippen LogP contribution in [0, 0.1) is 5.82 Å². The van der Waals surface area contributed by atoms with Gasteiger partial charge in [-0.1, -0.05) is 42.5 Å². The van der Waals surface area contributed by atoms with Crippen LogP contribution in [-0.4, -0.2) is 74.9 Å². The number of halogens is 1. The lowest BCUT2D eigenvalue weighted by molar-refractivity contribution is -0.142. The summed E-state index contributed by atoms with van der Waals surface area (Å²) in [7, 11) is -3.66. The van der Waals surface area contributed by atoms with Crippen molar-refractivity contribution in [1.29, 1.82) is 0 Å². The summed E-state index contributed by atoms with van der Waals surface area (Å²) < 4.78 is 51.4. The Labute approximate surface area is 239 Å². The fourth-order valence-electron chi connectivity index (χ4n) is 4.36. The van der Waals surface area contributed by atoms with Gasteiger partial charge in [-0.15, -0.1) is 0 Å². The van der Waals surface area contributed by atoms with Crippen molar-refractivity contribution >= 4 is 21.8 Å². The first-order chi connectivity index (χ1) is 19.7. The quantitative estimate of drug-likeness (QED) is 0.352. The van der Waals surface area contributed by atoms with E-state index in [0.717, 1.165) is 5.56 Å². The van der Waals surface area contributed by atoms with Gasteiger partial charge < -0.3 is 19.7 Å². The van der Waals surface area contributed by atoms with Crippen molar-refractivity contribution in [3.63, 3.8) is 0 Å². The van der Waals surface area contributed by atoms with Gasteiger partial charge in [-0.05, 0) is 60.9 Å². The molecule has 1 atom stereocenters. The van der Waals surface area contributed by atoms with Crippen molar-refractivity contribution in [3.8, 4) is 5.75 Å². The van der Waals surface area contributed by atoms with E-state index in [4.69, 9.17) is 9.47 Å². The van der Waals surface area contributed by atoms with Crippen molar-refractivity contribution in [2.45, 2.75) is 30.8 Å². The molecule has 1 heterocycles. The van der Waals surface area contributed by atoms with Gasteiger partial charge in [0, 0.05) is 26.2 Å². The highest BCUT2D eigenvalue weighted by Gasteiger charge is 2.28. The van der Waals surface area contributed by atoms with E-state index in [1.54, 1.807) is 19.1 Å². The van der Waals surface area contributed by atoms with E-state index in [1.165, 1.54) is 45.6 Å². The molecule has 1 fully saturated rings. The monoisotopic (exact) mass is 583 g/mol. The van der Waals surface area contributed by atoms with Crippen LogP contribution in [0.2, 0.25) is 0 Å². The van der Waals surface area contributed by atoms with Gasteiger partial charge in [0.05, 0.1) is 18.1 Å². The van der Waals surface area contributed by atoms with Crippen LogP contribution < -0.4 is 10.1 Å². The van der Waals surface area contributed by atoms with Crippen molar-refractivity contribution < 1.29 is 31.9 Å². The van der Waals surface area contributed by atoms with E-state index in [9.17, 15) is 22.4 Å². The fraction of sp³-hybridized carbons (Fsp3) is 0.333. The van der Waals surface area contributed by atoms with E-state index in [0.29, 0.717) is 37.5 Å². The molecule has 4 rings (SSSR count). The molecule has 1 aliphatic heterocycles. The SMILES string of the molecule is C[C@@H](C(=O)NCCc1ccccc1)N(Cc1ccc(F)cc1)C(=O)COc1ccc(S(=O)(=O)N2CCOCC2)cc1. The summed E-state index contributed by atoms with van der Waals surface area (Å²) in [4.78, 5) is 27.8. The number of hydrogen-bond acceptors (Lipinski definition) is 6. The van der Waals surface area contributed by atoms with Gasteiger partial charge in [0.15, 0.2) is 6.61 Å². The fourth-order valence-corrected chi connectivity index (χ4v) is 5.77. The molecule has 0 radical (unpaired) electrons. The Kier molecular flexibility index (Phi) is 10.4. The first-order valence-electron chi connectivity index (χ1n) is 13.4. The summed E-state index contributed by atoms with van der Waals surface area (Å²) in [5.74, 6) is -0.874. The molecular weight excluding hydrogens is 549 g/mol. The number of sulfonamides is 1. The summed E-state index contributed by atoms with van der Waals surface area (Å²) >= 11 is 0. The molecule has 218 valence electrons. The molecule has 41 heavy (non-hydrogen) atoms. The van der Waals surface area contributed by atoms with Gasteiger partial charge in [-0.3, -0.25) is 9.59 Å². The van der Waals surface area contributed by atoms with Crippen LogP contribution in [0.3, 0.4) is 0 Å². The van der Waals surface area contributed by atoms with Crippen LogP contribution in [0.25, 0.3) is 0 Å². The number of morpholine rings is 1. The van der Waals surface area contributed by atoms with Crippen molar-refractivity contribution in [1.82, 2.24) is 14.5 Å². The Hall–Kier alpha value is -3.80. The zero-order valence-electron chi connectivity index (χ0n) is 22.9. The highest BCUT2D eigenvalue weighted by atomic mass is 32.2. The number of carbonyl (C=O) groups excluding carboxylic acids is 2. The number of hydrogen-bond donors (Lipinski definition) is 1. The Morgan fingerprint density at radius 2 is 1.63 bits per heavy atom. The summed E-state index contributed by atoms with van der Waals surface area (Å²) in [5, 5.41) is 2.88. The number of nitrogens with zero attached hydrogens (tertiary/aromatic N) is 2. The molecule has 0 aromatic heterocycles. The van der Waals surface area contributed by atoms with Crippen LogP contribution in [0.5, 0.6) is 5.75 Å². The zero-order chi connectivity index (χ0) is 29.2. The summed E-state index contributed by atoms with van der Waals surface area (Å²) in [5.41, 5.74) is 1.73. The number of rotatable bonds is 12. The highest BCUT2D eigenvalue weighted by molar-refractivity contribution is 7.89. The normalized spacial score (nSPS) is 14.7. The van der Waals surface area contributed by atoms with Crippen molar-refractivity contribution in [2.24, 2.45) is 0 Å². The molecule has 1 saturated heterocycles. The number of nitrogens with one attached hydrogen (secondary N) is 1. The van der Waals surface area contributed by atoms with Gasteiger partial charge >= 0.3 is 0 Å². The first-order valence-corrected chi connectivity index (χ1v) is 14.8. The zero-order valence-corrected chi connectivity index (χ0v) is 23.7. The van der Waals surface area contributed by atoms with Crippen LogP contribution in [0.15, 0.2) is 83.8 Å². The van der Waals surface area contributed by atoms with E-state index in [2.05, 4.69) is 5.32 Å². The third-order valence-corrected chi connectivity index (χ3v) is 8.70. The molecule has 11 heteroatoms. The predicted octanol–water partition coefficient (Wildman–Crippen LogP) is 3.00. The molecule has 1 aliphatic rings. The van der Waals surface area contributed by atoms with Crippen LogP contribution >= 0.6 is 0 Å². The Morgan fingerprint density at radius 3 is 2.29 bits per heavy atom. The highest BCUT2D eigenvalue weighted by Crippen LogP contribution is 2.21. The Balaban J connectivity index is 1.39.